The maximum absolute atomic E-state index is 4.41. The van der Waals surface area contributed by atoms with Gasteiger partial charge in [0.15, 0.2) is 5.65 Å². The Labute approximate surface area is 155 Å². The van der Waals surface area contributed by atoms with E-state index in [2.05, 4.69) is 51.5 Å². The third-order valence-corrected chi connectivity index (χ3v) is 5.36. The molecule has 1 unspecified atom stereocenters. The van der Waals surface area contributed by atoms with Crippen molar-refractivity contribution in [2.75, 3.05) is 18.4 Å². The number of pyridine rings is 1. The van der Waals surface area contributed by atoms with Crippen LogP contribution in [0.1, 0.15) is 30.9 Å². The number of piperidine rings is 1. The molecule has 3 heterocycles. The molecule has 0 aliphatic carbocycles. The number of fused-ring (bicyclic) bond motifs is 1. The van der Waals surface area contributed by atoms with E-state index >= 15 is 0 Å². The highest BCUT2D eigenvalue weighted by Gasteiger charge is 2.17. The molecule has 1 fully saturated rings. The number of anilines is 1. The first-order valence-electron chi connectivity index (χ1n) is 9.50. The first-order chi connectivity index (χ1) is 12.7. The van der Waals surface area contributed by atoms with Crippen molar-refractivity contribution in [2.45, 2.75) is 32.9 Å². The Hall–Kier alpha value is -2.40. The molecular weight excluding hydrogens is 322 g/mol. The Kier molecular flexibility index (Phi) is 4.89. The van der Waals surface area contributed by atoms with Crippen LogP contribution in [0.4, 0.5) is 5.69 Å². The molecule has 0 amide bonds. The normalized spacial score (nSPS) is 18.3. The second-order valence-corrected chi connectivity index (χ2v) is 7.47. The van der Waals surface area contributed by atoms with Crippen molar-refractivity contribution in [3.63, 3.8) is 0 Å². The predicted molar refractivity (Wildman–Crippen MR) is 106 cm³/mol. The number of aromatic nitrogens is 3. The average molecular weight is 349 g/mol. The van der Waals surface area contributed by atoms with Crippen molar-refractivity contribution in [3.8, 4) is 0 Å². The fourth-order valence-corrected chi connectivity index (χ4v) is 3.95. The lowest BCUT2D eigenvalue weighted by molar-refractivity contribution is 0.176. The summed E-state index contributed by atoms with van der Waals surface area (Å²) in [6.07, 6.45) is 6.40. The molecule has 0 spiro atoms. The van der Waals surface area contributed by atoms with Gasteiger partial charge in [-0.15, -0.1) is 0 Å². The number of nitrogens with zero attached hydrogens (tertiary/aromatic N) is 4. The fraction of sp³-hybridized carbons (Fsp3) is 0.429. The molecule has 1 N–H and O–H groups in total. The zero-order chi connectivity index (χ0) is 17.9. The van der Waals surface area contributed by atoms with Crippen molar-refractivity contribution in [1.29, 1.82) is 0 Å². The Bertz CT molecular complexity index is 885. The van der Waals surface area contributed by atoms with Crippen LogP contribution < -0.4 is 5.32 Å². The number of nitrogens with one attached hydrogen (secondary N) is 1. The summed E-state index contributed by atoms with van der Waals surface area (Å²) in [7, 11) is 1.92. The van der Waals surface area contributed by atoms with Gasteiger partial charge in [-0.1, -0.05) is 31.2 Å². The molecule has 5 heteroatoms. The summed E-state index contributed by atoms with van der Waals surface area (Å²) in [5.41, 5.74) is 4.78. The number of hydrogen-bond donors (Lipinski definition) is 1. The van der Waals surface area contributed by atoms with Crippen molar-refractivity contribution >= 4 is 16.7 Å². The van der Waals surface area contributed by atoms with Gasteiger partial charge in [0.05, 0.1) is 11.6 Å². The van der Waals surface area contributed by atoms with Gasteiger partial charge in [0.2, 0.25) is 0 Å². The van der Waals surface area contributed by atoms with E-state index in [0.29, 0.717) is 0 Å². The van der Waals surface area contributed by atoms with Crippen LogP contribution in [-0.4, -0.2) is 32.8 Å². The van der Waals surface area contributed by atoms with Gasteiger partial charge < -0.3 is 5.32 Å². The smallest absolute Gasteiger partial charge is 0.159 e. The number of rotatable bonds is 5. The fourth-order valence-electron chi connectivity index (χ4n) is 3.95. The summed E-state index contributed by atoms with van der Waals surface area (Å²) >= 11 is 0. The lowest BCUT2D eigenvalue weighted by atomic mass is 9.99. The largest absolute Gasteiger partial charge is 0.380 e. The van der Waals surface area contributed by atoms with E-state index in [4.69, 9.17) is 0 Å². The molecule has 3 aromatic rings. The van der Waals surface area contributed by atoms with Crippen LogP contribution in [0, 0.1) is 5.92 Å². The summed E-state index contributed by atoms with van der Waals surface area (Å²) in [6.45, 7) is 6.64. The standard InChI is InChI=1S/C21H27N5/c1-16-6-5-11-26(14-16)15-18-8-4-3-7-17(18)12-23-20-9-10-22-21-19(20)13-24-25(21)2/h3-4,7-10,13,16H,5-6,11-12,14-15H2,1-2H3,(H,22,23). The molecule has 26 heavy (non-hydrogen) atoms. The van der Waals surface area contributed by atoms with Crippen LogP contribution >= 0.6 is 0 Å². The van der Waals surface area contributed by atoms with E-state index in [9.17, 15) is 0 Å². The molecule has 1 aliphatic rings. The van der Waals surface area contributed by atoms with E-state index in [-0.39, 0.29) is 0 Å². The second kappa shape index (κ2) is 7.46. The average Bonchev–Trinajstić information content (AvgIpc) is 3.03. The van der Waals surface area contributed by atoms with Crippen LogP contribution in [0.5, 0.6) is 0 Å². The first kappa shape index (κ1) is 17.0. The molecule has 0 radical (unpaired) electrons. The monoisotopic (exact) mass is 349 g/mol. The van der Waals surface area contributed by atoms with Gasteiger partial charge >= 0.3 is 0 Å². The Morgan fingerprint density at radius 1 is 1.19 bits per heavy atom. The van der Waals surface area contributed by atoms with Crippen LogP contribution in [0.25, 0.3) is 11.0 Å². The highest BCUT2D eigenvalue weighted by atomic mass is 15.3. The van der Waals surface area contributed by atoms with E-state index in [1.165, 1.54) is 37.1 Å². The zero-order valence-corrected chi connectivity index (χ0v) is 15.7. The van der Waals surface area contributed by atoms with E-state index in [0.717, 1.165) is 35.7 Å². The molecule has 0 bridgehead atoms. The Balaban J connectivity index is 1.49. The maximum Gasteiger partial charge on any atom is 0.159 e. The quantitative estimate of drug-likeness (QED) is 0.761. The molecular formula is C21H27N5. The number of aryl methyl sites for hydroxylation is 1. The number of hydrogen-bond acceptors (Lipinski definition) is 4. The van der Waals surface area contributed by atoms with Crippen LogP contribution in [-0.2, 0) is 20.1 Å². The molecule has 136 valence electrons. The molecule has 1 aliphatic heterocycles. The zero-order valence-electron chi connectivity index (χ0n) is 15.7. The molecule has 1 saturated heterocycles. The summed E-state index contributed by atoms with van der Waals surface area (Å²) in [6, 6.07) is 10.8. The summed E-state index contributed by atoms with van der Waals surface area (Å²) in [4.78, 5) is 7.01. The van der Waals surface area contributed by atoms with Crippen LogP contribution in [0.3, 0.4) is 0 Å². The third-order valence-electron chi connectivity index (χ3n) is 5.36. The minimum absolute atomic E-state index is 0.810. The van der Waals surface area contributed by atoms with Gasteiger partial charge in [0, 0.05) is 38.6 Å². The lowest BCUT2D eigenvalue weighted by Crippen LogP contribution is -2.34. The minimum Gasteiger partial charge on any atom is -0.380 e. The van der Waals surface area contributed by atoms with Crippen molar-refractivity contribution < 1.29 is 0 Å². The van der Waals surface area contributed by atoms with Gasteiger partial charge in [-0.25, -0.2) is 4.98 Å². The molecule has 1 aromatic carbocycles. The summed E-state index contributed by atoms with van der Waals surface area (Å²) in [5.74, 6) is 0.810. The Morgan fingerprint density at radius 2 is 2.04 bits per heavy atom. The first-order valence-corrected chi connectivity index (χ1v) is 9.50. The predicted octanol–water partition coefficient (Wildman–Crippen LogP) is 3.81. The van der Waals surface area contributed by atoms with Gasteiger partial charge in [-0.3, -0.25) is 9.58 Å². The van der Waals surface area contributed by atoms with Gasteiger partial charge in [-0.2, -0.15) is 5.10 Å². The van der Waals surface area contributed by atoms with Crippen molar-refractivity contribution in [3.05, 3.63) is 53.9 Å². The molecule has 5 nitrogen and oxygen atoms in total. The van der Waals surface area contributed by atoms with Crippen LogP contribution in [0.15, 0.2) is 42.7 Å². The SMILES string of the molecule is CC1CCCN(Cc2ccccc2CNc2ccnc3c2cnn3C)C1. The van der Waals surface area contributed by atoms with E-state index < -0.39 is 0 Å². The maximum atomic E-state index is 4.41. The number of likely N-dealkylation sites (tertiary alicyclic amines) is 1. The summed E-state index contributed by atoms with van der Waals surface area (Å²) < 4.78 is 1.81. The highest BCUT2D eigenvalue weighted by molar-refractivity contribution is 5.88. The molecule has 1 atom stereocenters. The molecule has 0 saturated carbocycles. The Morgan fingerprint density at radius 3 is 2.88 bits per heavy atom. The van der Waals surface area contributed by atoms with Crippen molar-refractivity contribution in [1.82, 2.24) is 19.7 Å². The highest BCUT2D eigenvalue weighted by Crippen LogP contribution is 2.23. The molecule has 2 aromatic heterocycles. The van der Waals surface area contributed by atoms with Gasteiger partial charge in [0.25, 0.3) is 0 Å². The minimum atomic E-state index is 0.810. The van der Waals surface area contributed by atoms with E-state index in [1.54, 1.807) is 0 Å². The lowest BCUT2D eigenvalue weighted by Gasteiger charge is -2.31. The van der Waals surface area contributed by atoms with Crippen LogP contribution in [0.2, 0.25) is 0 Å². The topological polar surface area (TPSA) is 46.0 Å². The number of benzene rings is 1. The van der Waals surface area contributed by atoms with Crippen molar-refractivity contribution in [2.24, 2.45) is 13.0 Å². The van der Waals surface area contributed by atoms with Gasteiger partial charge in [-0.05, 0) is 42.5 Å². The van der Waals surface area contributed by atoms with E-state index in [1.807, 2.05) is 30.2 Å². The van der Waals surface area contributed by atoms with Gasteiger partial charge in [0.1, 0.15) is 0 Å². The third kappa shape index (κ3) is 3.58. The second-order valence-electron chi connectivity index (χ2n) is 7.47. The summed E-state index contributed by atoms with van der Waals surface area (Å²) in [5, 5.41) is 8.98. The molecule has 4 rings (SSSR count).